The first-order chi connectivity index (χ1) is 1.41. The summed E-state index contributed by atoms with van der Waals surface area (Å²) in [5.41, 5.74) is 0. The zero-order valence-electron chi connectivity index (χ0n) is 3.23. The minimum absolute atomic E-state index is 0. The van der Waals surface area contributed by atoms with Gasteiger partial charge >= 0.3 is 90.5 Å². The summed E-state index contributed by atoms with van der Waals surface area (Å²) >= 11 is 0.757. The van der Waals surface area contributed by atoms with Crippen LogP contribution in [0.4, 0.5) is 0 Å². The Morgan fingerprint density at radius 1 is 1.00 bits per heavy atom. The maximum absolute atomic E-state index is 4.67. The molecule has 0 heterocycles. The standard InChI is InChI=1S/Ca.4ClH.Cu.Zn/h;4*1H;;/q+2;;;;;2*+2/p-4. The largest absolute Gasteiger partial charge is 2.00 e. The molecule has 0 rings (SSSR count). The van der Waals surface area contributed by atoms with E-state index in [0.717, 1.165) is 13.1 Å². The van der Waals surface area contributed by atoms with Crippen LogP contribution in [0.3, 0.4) is 0 Å². The van der Waals surface area contributed by atoms with E-state index in [-0.39, 0.29) is 82.0 Å². The van der Waals surface area contributed by atoms with Crippen LogP contribution in [0.15, 0.2) is 0 Å². The van der Waals surface area contributed by atoms with Crippen molar-refractivity contribution in [1.29, 1.82) is 0 Å². The molecule has 7 heteroatoms. The molecule has 0 aliphatic rings. The van der Waals surface area contributed by atoms with Crippen LogP contribution < -0.4 is 24.8 Å². The maximum atomic E-state index is 4.67. The number of hydrogen-bond donors (Lipinski definition) is 0. The summed E-state index contributed by atoms with van der Waals surface area (Å²) in [6, 6.07) is 0. The fraction of sp³-hybridized carbons (Fsp3) is 0. The second kappa shape index (κ2) is 33.7. The van der Waals surface area contributed by atoms with Crippen molar-refractivity contribution in [2.45, 2.75) is 0 Å². The van der Waals surface area contributed by atoms with E-state index in [1.807, 2.05) is 0 Å². The van der Waals surface area contributed by atoms with Gasteiger partial charge in [-0.1, -0.05) is 0 Å². The average Bonchev–Trinajstić information content (AvgIpc) is 0.918. The summed E-state index contributed by atoms with van der Waals surface area (Å²) in [7, 11) is 9.34. The van der Waals surface area contributed by atoms with Gasteiger partial charge in [0, 0.05) is 0 Å². The van der Waals surface area contributed by atoms with Crippen molar-refractivity contribution in [2.75, 3.05) is 0 Å². The van der Waals surface area contributed by atoms with Gasteiger partial charge in [-0.2, -0.15) is 0 Å². The number of rotatable bonds is 0. The Kier molecular flexibility index (Phi) is 150. The van der Waals surface area contributed by atoms with Gasteiger partial charge in [0.25, 0.3) is 0 Å². The average molecular weight is 311 g/mol. The molecule has 0 radical (unpaired) electrons. The molecule has 0 fully saturated rings. The minimum atomic E-state index is 0. The number of halogens is 4. The summed E-state index contributed by atoms with van der Waals surface area (Å²) in [5.74, 6) is 0. The van der Waals surface area contributed by atoms with Gasteiger partial charge in [-0.3, -0.25) is 0 Å². The molecule has 41 valence electrons. The molecule has 0 spiro atoms. The third-order valence-electron chi connectivity index (χ3n) is 0. The van der Waals surface area contributed by atoms with Crippen molar-refractivity contribution in [2.24, 2.45) is 0 Å². The molecule has 0 bridgehead atoms. The minimum Gasteiger partial charge on any atom is 2.00 e. The van der Waals surface area contributed by atoms with Crippen LogP contribution in [-0.2, 0) is 32.6 Å². The molecule has 0 atom stereocenters. The Morgan fingerprint density at radius 3 is 1.00 bits per heavy atom. The maximum Gasteiger partial charge on any atom is 2.00 e. The topological polar surface area (TPSA) is 0 Å². The quantitative estimate of drug-likeness (QED) is 0.393. The molecule has 0 amide bonds. The van der Waals surface area contributed by atoms with E-state index in [4.69, 9.17) is 0 Å². The smallest absolute Gasteiger partial charge is 2.00 e. The molecule has 7 heavy (non-hydrogen) atoms. The van der Waals surface area contributed by atoms with Gasteiger partial charge < -0.3 is 24.8 Å². The van der Waals surface area contributed by atoms with E-state index in [0.29, 0.717) is 0 Å². The van der Waals surface area contributed by atoms with Crippen LogP contribution >= 0.6 is 20.2 Å². The molecular weight excluding hydrogens is 311 g/mol. The fourth-order valence-corrected chi connectivity index (χ4v) is 0. The summed E-state index contributed by atoms with van der Waals surface area (Å²) in [6.07, 6.45) is 0. The zero-order chi connectivity index (χ0) is 2.71. The number of hydrogen-bond acceptors (Lipinski definition) is 0. The van der Waals surface area contributed by atoms with Crippen molar-refractivity contribution in [3.05, 3.63) is 0 Å². The summed E-state index contributed by atoms with van der Waals surface area (Å²) in [5, 5.41) is 0. The Hall–Kier alpha value is 3.56. The fourth-order valence-electron chi connectivity index (χ4n) is 0. The Bertz CT molecular complexity index is 11.7. The van der Waals surface area contributed by atoms with E-state index in [1.54, 1.807) is 0 Å². The van der Waals surface area contributed by atoms with Gasteiger partial charge in [-0.05, 0) is 0 Å². The molecule has 0 aliphatic heterocycles. The van der Waals surface area contributed by atoms with Gasteiger partial charge in [0.05, 0.1) is 0 Å². The summed E-state index contributed by atoms with van der Waals surface area (Å²) in [4.78, 5) is 0. The van der Waals surface area contributed by atoms with E-state index >= 15 is 0 Å². The van der Waals surface area contributed by atoms with Crippen molar-refractivity contribution in [1.82, 2.24) is 0 Å². The van der Waals surface area contributed by atoms with Crippen molar-refractivity contribution in [3.63, 3.8) is 0 Å². The first-order valence-corrected chi connectivity index (χ1v) is 2.82. The zero-order valence-corrected chi connectivity index (χ0v) is 12.4. The van der Waals surface area contributed by atoms with Crippen LogP contribution in [0.25, 0.3) is 0 Å². The molecule has 0 aromatic heterocycles. The van der Waals surface area contributed by atoms with Crippen LogP contribution in [0.2, 0.25) is 0 Å². The molecule has 0 saturated heterocycles. The molecule has 0 unspecified atom stereocenters. The van der Waals surface area contributed by atoms with Gasteiger partial charge in [0.2, 0.25) is 0 Å². The van der Waals surface area contributed by atoms with Gasteiger partial charge in [0.15, 0.2) is 0 Å². The van der Waals surface area contributed by atoms with Crippen molar-refractivity contribution in [3.8, 4) is 0 Å². The molecule has 0 N–H and O–H groups in total. The molecule has 0 nitrogen and oxygen atoms in total. The third-order valence-corrected chi connectivity index (χ3v) is 0. The Morgan fingerprint density at radius 2 is 1.00 bits per heavy atom. The monoisotopic (exact) mass is 307 g/mol. The normalized spacial score (nSPS) is 3.14. The summed E-state index contributed by atoms with van der Waals surface area (Å²) in [6.45, 7) is 0. The Balaban J connectivity index is -0.00000000333. The third kappa shape index (κ3) is 43.1. The van der Waals surface area contributed by atoms with E-state index in [1.165, 1.54) is 0 Å². The van der Waals surface area contributed by atoms with Gasteiger partial charge in [-0.15, -0.1) is 0 Å². The first-order valence-electron chi connectivity index (χ1n) is 0.228. The predicted octanol–water partition coefficient (Wildman–Crippen LogP) is -5.00. The van der Waals surface area contributed by atoms with Crippen molar-refractivity contribution >= 4 is 57.9 Å². The Labute approximate surface area is 113 Å². The SMILES string of the molecule is [Ca+2].[Cl-].[Cl-].[Cl][Cu][Cl].[Zn+2]. The molecule has 0 saturated carbocycles. The van der Waals surface area contributed by atoms with Crippen LogP contribution in [0.1, 0.15) is 0 Å². The first kappa shape index (κ1) is 31.2. The predicted molar refractivity (Wildman–Crippen MR) is 17.5 cm³/mol. The van der Waals surface area contributed by atoms with Crippen LogP contribution in [-0.4, -0.2) is 37.7 Å². The molecule has 0 aromatic carbocycles. The second-order valence-electron chi connectivity index (χ2n) is 0.0431. The van der Waals surface area contributed by atoms with Gasteiger partial charge in [0.1, 0.15) is 0 Å². The van der Waals surface area contributed by atoms with Gasteiger partial charge in [-0.25, -0.2) is 0 Å². The van der Waals surface area contributed by atoms with Crippen LogP contribution in [0.5, 0.6) is 0 Å². The van der Waals surface area contributed by atoms with Crippen LogP contribution in [0, 0.1) is 0 Å². The van der Waals surface area contributed by atoms with E-state index in [2.05, 4.69) is 20.2 Å². The van der Waals surface area contributed by atoms with Crippen molar-refractivity contribution < 1.29 is 57.4 Å². The molecule has 0 aromatic rings. The van der Waals surface area contributed by atoms with E-state index < -0.39 is 0 Å². The second-order valence-corrected chi connectivity index (χ2v) is 1.60. The molecular formula is CaCl4CuZn+2. The van der Waals surface area contributed by atoms with E-state index in [9.17, 15) is 0 Å². The molecule has 0 aliphatic carbocycles. The summed E-state index contributed by atoms with van der Waals surface area (Å²) < 4.78 is 0.